The van der Waals surface area contributed by atoms with Crippen LogP contribution in [0, 0.1) is 0 Å². The van der Waals surface area contributed by atoms with Gasteiger partial charge in [-0.1, -0.05) is 12.1 Å². The van der Waals surface area contributed by atoms with E-state index in [-0.39, 0.29) is 0 Å². The summed E-state index contributed by atoms with van der Waals surface area (Å²) < 4.78 is 5.55. The highest BCUT2D eigenvalue weighted by Gasteiger charge is 2.01. The predicted molar refractivity (Wildman–Crippen MR) is 101 cm³/mol. The largest absolute Gasteiger partial charge is 0.493 e. The summed E-state index contributed by atoms with van der Waals surface area (Å²) in [6.07, 6.45) is 3.45. The number of H-pyrrole nitrogens is 1. The SMILES string of the molecule is CCOc1ccccc1C=NNC(=S)Nc1ccc2cn[nH]c2c1. The van der Waals surface area contributed by atoms with Gasteiger partial charge in [0.25, 0.3) is 0 Å². The van der Waals surface area contributed by atoms with Gasteiger partial charge in [0.2, 0.25) is 0 Å². The summed E-state index contributed by atoms with van der Waals surface area (Å²) in [5.74, 6) is 0.786. The average Bonchev–Trinajstić information content (AvgIpc) is 3.04. The Morgan fingerprint density at radius 2 is 2.21 bits per heavy atom. The van der Waals surface area contributed by atoms with Crippen LogP contribution >= 0.6 is 12.2 Å². The average molecular weight is 339 g/mol. The molecule has 3 aromatic rings. The van der Waals surface area contributed by atoms with Crippen molar-refractivity contribution in [1.29, 1.82) is 0 Å². The molecule has 0 unspecified atom stereocenters. The molecule has 0 aliphatic heterocycles. The number of nitrogens with one attached hydrogen (secondary N) is 3. The highest BCUT2D eigenvalue weighted by Crippen LogP contribution is 2.17. The zero-order valence-electron chi connectivity index (χ0n) is 13.1. The second-order valence-corrected chi connectivity index (χ2v) is 5.38. The number of para-hydroxylation sites is 1. The van der Waals surface area contributed by atoms with Gasteiger partial charge in [-0.15, -0.1) is 0 Å². The van der Waals surface area contributed by atoms with Gasteiger partial charge in [-0.2, -0.15) is 10.2 Å². The first-order chi connectivity index (χ1) is 11.8. The number of benzene rings is 2. The van der Waals surface area contributed by atoms with Crippen LogP contribution in [-0.4, -0.2) is 28.1 Å². The molecule has 3 N–H and O–H groups in total. The summed E-state index contributed by atoms with van der Waals surface area (Å²) in [7, 11) is 0. The van der Waals surface area contributed by atoms with E-state index < -0.39 is 0 Å². The number of thiocarbonyl (C=S) groups is 1. The molecular weight excluding hydrogens is 322 g/mol. The van der Waals surface area contributed by atoms with Crippen molar-refractivity contribution >= 4 is 40.1 Å². The van der Waals surface area contributed by atoms with Crippen LogP contribution in [0.4, 0.5) is 5.69 Å². The minimum atomic E-state index is 0.402. The molecule has 0 radical (unpaired) electrons. The van der Waals surface area contributed by atoms with Crippen LogP contribution in [0.1, 0.15) is 12.5 Å². The number of aromatic nitrogens is 2. The highest BCUT2D eigenvalue weighted by atomic mass is 32.1. The monoisotopic (exact) mass is 339 g/mol. The van der Waals surface area contributed by atoms with Crippen LogP contribution < -0.4 is 15.5 Å². The lowest BCUT2D eigenvalue weighted by atomic mass is 10.2. The third kappa shape index (κ3) is 3.88. The smallest absolute Gasteiger partial charge is 0.191 e. The maximum atomic E-state index is 5.55. The first-order valence-electron chi connectivity index (χ1n) is 7.51. The lowest BCUT2D eigenvalue weighted by Gasteiger charge is -2.08. The lowest BCUT2D eigenvalue weighted by Crippen LogP contribution is -2.23. The fourth-order valence-electron chi connectivity index (χ4n) is 2.21. The van der Waals surface area contributed by atoms with Gasteiger partial charge in [0, 0.05) is 16.6 Å². The first-order valence-corrected chi connectivity index (χ1v) is 7.92. The Hall–Kier alpha value is -2.93. The van der Waals surface area contributed by atoms with Crippen molar-refractivity contribution in [1.82, 2.24) is 15.6 Å². The predicted octanol–water partition coefficient (Wildman–Crippen LogP) is 3.28. The van der Waals surface area contributed by atoms with E-state index in [1.54, 1.807) is 12.4 Å². The van der Waals surface area contributed by atoms with Crippen molar-refractivity contribution in [2.45, 2.75) is 6.92 Å². The van der Waals surface area contributed by atoms with E-state index in [4.69, 9.17) is 17.0 Å². The quantitative estimate of drug-likeness (QED) is 0.378. The van der Waals surface area contributed by atoms with E-state index in [1.165, 1.54) is 0 Å². The highest BCUT2D eigenvalue weighted by molar-refractivity contribution is 7.80. The molecule has 2 aromatic carbocycles. The molecule has 0 atom stereocenters. The number of fused-ring (bicyclic) bond motifs is 1. The summed E-state index contributed by atoms with van der Waals surface area (Å²) in [6, 6.07) is 13.5. The number of ether oxygens (including phenoxy) is 1. The molecule has 1 heterocycles. The number of rotatable bonds is 5. The molecule has 0 spiro atoms. The Kier molecular flexibility index (Phi) is 5.02. The van der Waals surface area contributed by atoms with E-state index >= 15 is 0 Å². The van der Waals surface area contributed by atoms with Crippen molar-refractivity contribution < 1.29 is 4.74 Å². The molecule has 7 heteroatoms. The van der Waals surface area contributed by atoms with Gasteiger partial charge in [-0.25, -0.2) is 0 Å². The van der Waals surface area contributed by atoms with Crippen molar-refractivity contribution in [3.63, 3.8) is 0 Å². The van der Waals surface area contributed by atoms with Crippen molar-refractivity contribution in [2.75, 3.05) is 11.9 Å². The number of hydrogen-bond donors (Lipinski definition) is 3. The Balaban J connectivity index is 1.61. The molecule has 0 saturated heterocycles. The summed E-state index contributed by atoms with van der Waals surface area (Å²) in [5.41, 5.74) is 5.48. The third-order valence-corrected chi connectivity index (χ3v) is 3.48. The first kappa shape index (κ1) is 15.9. The zero-order valence-corrected chi connectivity index (χ0v) is 13.9. The van der Waals surface area contributed by atoms with Crippen LogP contribution in [0.3, 0.4) is 0 Å². The topological polar surface area (TPSA) is 74.3 Å². The lowest BCUT2D eigenvalue weighted by molar-refractivity contribution is 0.340. The number of aromatic amines is 1. The maximum absolute atomic E-state index is 5.55. The molecule has 6 nitrogen and oxygen atoms in total. The second kappa shape index (κ2) is 7.56. The Morgan fingerprint density at radius 1 is 1.33 bits per heavy atom. The van der Waals surface area contributed by atoms with Gasteiger partial charge < -0.3 is 10.1 Å². The van der Waals surface area contributed by atoms with Gasteiger partial charge in [-0.05, 0) is 49.5 Å². The van der Waals surface area contributed by atoms with Crippen LogP contribution in [0.15, 0.2) is 53.8 Å². The molecule has 0 bridgehead atoms. The van der Waals surface area contributed by atoms with E-state index in [9.17, 15) is 0 Å². The van der Waals surface area contributed by atoms with Crippen molar-refractivity contribution in [2.24, 2.45) is 5.10 Å². The third-order valence-electron chi connectivity index (χ3n) is 3.29. The molecule has 1 aromatic heterocycles. The standard InChI is InChI=1S/C17H17N5OS/c1-2-23-16-6-4-3-5-13(16)11-19-22-17(24)20-14-8-7-12-10-18-21-15(12)9-14/h3-11H,2H2,1H3,(H,18,21)(H2,20,22,24). The van der Waals surface area contributed by atoms with Gasteiger partial charge in [0.05, 0.1) is 24.5 Å². The fourth-order valence-corrected chi connectivity index (χ4v) is 2.38. The Morgan fingerprint density at radius 3 is 3.08 bits per heavy atom. The van der Waals surface area contributed by atoms with Crippen LogP contribution in [0.5, 0.6) is 5.75 Å². The van der Waals surface area contributed by atoms with Crippen molar-refractivity contribution in [3.05, 3.63) is 54.2 Å². The summed E-state index contributed by atoms with van der Waals surface area (Å²) in [6.45, 7) is 2.55. The van der Waals surface area contributed by atoms with E-state index in [1.807, 2.05) is 49.4 Å². The van der Waals surface area contributed by atoms with Crippen LogP contribution in [0.2, 0.25) is 0 Å². The van der Waals surface area contributed by atoms with Gasteiger partial charge in [0.1, 0.15) is 5.75 Å². The van der Waals surface area contributed by atoms with Gasteiger partial charge in [-0.3, -0.25) is 10.5 Å². The van der Waals surface area contributed by atoms with Crippen molar-refractivity contribution in [3.8, 4) is 5.75 Å². The van der Waals surface area contributed by atoms with Crippen LogP contribution in [-0.2, 0) is 0 Å². The minimum absolute atomic E-state index is 0.402. The number of anilines is 1. The Bertz CT molecular complexity index is 874. The van der Waals surface area contributed by atoms with E-state index in [0.717, 1.165) is 27.9 Å². The molecule has 0 aliphatic rings. The molecule has 3 rings (SSSR count). The number of hydrogen-bond acceptors (Lipinski definition) is 4. The molecule has 122 valence electrons. The Labute approximate surface area is 144 Å². The second-order valence-electron chi connectivity index (χ2n) is 4.97. The maximum Gasteiger partial charge on any atom is 0.191 e. The molecule has 0 fully saturated rings. The number of hydrazone groups is 1. The summed E-state index contributed by atoms with van der Waals surface area (Å²) in [5, 5.41) is 15.6. The molecule has 0 aliphatic carbocycles. The summed E-state index contributed by atoms with van der Waals surface area (Å²) >= 11 is 5.24. The van der Waals surface area contributed by atoms with Gasteiger partial charge >= 0.3 is 0 Å². The summed E-state index contributed by atoms with van der Waals surface area (Å²) in [4.78, 5) is 0. The minimum Gasteiger partial charge on any atom is -0.493 e. The fraction of sp³-hybridized carbons (Fsp3) is 0.118. The van der Waals surface area contributed by atoms with E-state index in [2.05, 4.69) is 26.0 Å². The molecular formula is C17H17N5OS. The zero-order chi connectivity index (χ0) is 16.8. The normalized spacial score (nSPS) is 10.9. The van der Waals surface area contributed by atoms with Crippen LogP contribution in [0.25, 0.3) is 10.9 Å². The number of nitrogens with zero attached hydrogens (tertiary/aromatic N) is 2. The molecule has 0 saturated carbocycles. The van der Waals surface area contributed by atoms with E-state index in [0.29, 0.717) is 11.7 Å². The van der Waals surface area contributed by atoms with Gasteiger partial charge in [0.15, 0.2) is 5.11 Å². The molecule has 24 heavy (non-hydrogen) atoms. The molecule has 0 amide bonds.